The largest absolute Gasteiger partial charge is 0.493 e. The maximum atomic E-state index is 12.2. The SMILES string of the molecule is CC(C)(C)OC(=O)N1CCN(Cc2ccc(CCOc3ccc4ccccc4c3)cc2)CC1. The maximum absolute atomic E-state index is 12.2. The highest BCUT2D eigenvalue weighted by Crippen LogP contribution is 2.21. The fourth-order valence-electron chi connectivity index (χ4n) is 4.03. The Bertz CT molecular complexity index is 1060. The molecule has 1 amide bonds. The molecule has 1 fully saturated rings. The Hall–Kier alpha value is -3.05. The summed E-state index contributed by atoms with van der Waals surface area (Å²) in [5, 5.41) is 2.43. The Kier molecular flexibility index (Phi) is 7.19. The number of rotatable bonds is 6. The minimum absolute atomic E-state index is 0.211. The molecule has 0 unspecified atom stereocenters. The minimum atomic E-state index is -0.448. The highest BCUT2D eigenvalue weighted by molar-refractivity contribution is 5.83. The second-order valence-corrected chi connectivity index (χ2v) is 9.67. The van der Waals surface area contributed by atoms with Gasteiger partial charge in [0.1, 0.15) is 11.4 Å². The van der Waals surface area contributed by atoms with Gasteiger partial charge in [-0.1, -0.05) is 54.6 Å². The molecule has 5 nitrogen and oxygen atoms in total. The van der Waals surface area contributed by atoms with Crippen molar-refractivity contribution in [2.45, 2.75) is 39.3 Å². The van der Waals surface area contributed by atoms with Crippen LogP contribution in [0.25, 0.3) is 10.8 Å². The molecule has 0 saturated carbocycles. The molecule has 0 bridgehead atoms. The lowest BCUT2D eigenvalue weighted by atomic mass is 10.1. The fraction of sp³-hybridized carbons (Fsp3) is 0.393. The summed E-state index contributed by atoms with van der Waals surface area (Å²) in [6.07, 6.45) is 0.666. The molecule has 174 valence electrons. The summed E-state index contributed by atoms with van der Waals surface area (Å²) in [6, 6.07) is 23.3. The van der Waals surface area contributed by atoms with Crippen molar-refractivity contribution in [3.05, 3.63) is 77.9 Å². The van der Waals surface area contributed by atoms with Crippen LogP contribution in [0.5, 0.6) is 5.75 Å². The Morgan fingerprint density at radius 1 is 0.848 bits per heavy atom. The quantitative estimate of drug-likeness (QED) is 0.500. The molecule has 0 N–H and O–H groups in total. The van der Waals surface area contributed by atoms with E-state index in [2.05, 4.69) is 65.6 Å². The molecule has 0 spiro atoms. The summed E-state index contributed by atoms with van der Waals surface area (Å²) in [6.45, 7) is 10.4. The lowest BCUT2D eigenvalue weighted by molar-refractivity contribution is 0.0139. The van der Waals surface area contributed by atoms with E-state index in [9.17, 15) is 4.79 Å². The van der Waals surface area contributed by atoms with E-state index in [4.69, 9.17) is 9.47 Å². The van der Waals surface area contributed by atoms with Gasteiger partial charge in [-0.3, -0.25) is 4.90 Å². The predicted octanol–water partition coefficient (Wildman–Crippen LogP) is 5.51. The molecule has 4 rings (SSSR count). The zero-order chi connectivity index (χ0) is 23.3. The molecule has 0 aromatic heterocycles. The van der Waals surface area contributed by atoms with Crippen molar-refractivity contribution in [1.29, 1.82) is 0 Å². The third-order valence-corrected chi connectivity index (χ3v) is 5.83. The van der Waals surface area contributed by atoms with E-state index in [1.807, 2.05) is 26.8 Å². The molecule has 1 aliphatic rings. The van der Waals surface area contributed by atoms with Crippen LogP contribution in [0.4, 0.5) is 4.79 Å². The van der Waals surface area contributed by atoms with Crippen LogP contribution in [0.2, 0.25) is 0 Å². The number of hydrogen-bond acceptors (Lipinski definition) is 4. The zero-order valence-corrected chi connectivity index (χ0v) is 19.9. The molecule has 0 radical (unpaired) electrons. The van der Waals surface area contributed by atoms with E-state index < -0.39 is 5.60 Å². The first-order valence-electron chi connectivity index (χ1n) is 11.8. The van der Waals surface area contributed by atoms with Crippen LogP contribution < -0.4 is 4.74 Å². The number of fused-ring (bicyclic) bond motifs is 1. The van der Waals surface area contributed by atoms with Gasteiger partial charge >= 0.3 is 6.09 Å². The zero-order valence-electron chi connectivity index (χ0n) is 19.9. The van der Waals surface area contributed by atoms with E-state index in [1.54, 1.807) is 4.90 Å². The Morgan fingerprint density at radius 2 is 1.52 bits per heavy atom. The summed E-state index contributed by atoms with van der Waals surface area (Å²) in [5.74, 6) is 0.913. The Morgan fingerprint density at radius 3 is 2.21 bits per heavy atom. The molecule has 0 aliphatic carbocycles. The Labute approximate surface area is 196 Å². The first-order chi connectivity index (χ1) is 15.9. The number of nitrogens with zero attached hydrogens (tertiary/aromatic N) is 2. The van der Waals surface area contributed by atoms with Gasteiger partial charge in [-0.05, 0) is 54.8 Å². The minimum Gasteiger partial charge on any atom is -0.493 e. The van der Waals surface area contributed by atoms with Crippen molar-refractivity contribution >= 4 is 16.9 Å². The van der Waals surface area contributed by atoms with Gasteiger partial charge in [0.15, 0.2) is 0 Å². The molecule has 3 aromatic carbocycles. The monoisotopic (exact) mass is 446 g/mol. The van der Waals surface area contributed by atoms with Crippen molar-refractivity contribution < 1.29 is 14.3 Å². The highest BCUT2D eigenvalue weighted by atomic mass is 16.6. The van der Waals surface area contributed by atoms with Crippen molar-refractivity contribution in [3.8, 4) is 5.75 Å². The van der Waals surface area contributed by atoms with Crippen LogP contribution in [-0.2, 0) is 17.7 Å². The van der Waals surface area contributed by atoms with Gasteiger partial charge in [0, 0.05) is 39.1 Å². The molecule has 1 saturated heterocycles. The predicted molar refractivity (Wildman–Crippen MR) is 133 cm³/mol. The van der Waals surface area contributed by atoms with Crippen molar-refractivity contribution in [3.63, 3.8) is 0 Å². The van der Waals surface area contributed by atoms with Crippen LogP contribution in [0.3, 0.4) is 0 Å². The van der Waals surface area contributed by atoms with E-state index >= 15 is 0 Å². The van der Waals surface area contributed by atoms with E-state index in [1.165, 1.54) is 21.9 Å². The summed E-state index contributed by atoms with van der Waals surface area (Å²) in [5.41, 5.74) is 2.12. The van der Waals surface area contributed by atoms with Gasteiger partial charge in [0.2, 0.25) is 0 Å². The number of ether oxygens (including phenoxy) is 2. The van der Waals surface area contributed by atoms with Gasteiger partial charge in [-0.25, -0.2) is 4.79 Å². The van der Waals surface area contributed by atoms with Crippen molar-refractivity contribution in [2.75, 3.05) is 32.8 Å². The smallest absolute Gasteiger partial charge is 0.410 e. The van der Waals surface area contributed by atoms with Crippen LogP contribution in [-0.4, -0.2) is 54.3 Å². The average molecular weight is 447 g/mol. The van der Waals surface area contributed by atoms with Crippen LogP contribution in [0.1, 0.15) is 31.9 Å². The van der Waals surface area contributed by atoms with Gasteiger partial charge < -0.3 is 14.4 Å². The second kappa shape index (κ2) is 10.3. The Balaban J connectivity index is 1.20. The second-order valence-electron chi connectivity index (χ2n) is 9.67. The standard InChI is InChI=1S/C28H34N2O3/c1-28(2,3)33-27(31)30-17-15-29(16-18-30)21-23-10-8-22(9-11-23)14-19-32-26-13-12-24-6-4-5-7-25(24)20-26/h4-13,20H,14-19,21H2,1-3H3. The molecule has 5 heteroatoms. The first-order valence-corrected chi connectivity index (χ1v) is 11.8. The normalized spacial score (nSPS) is 14.9. The number of amides is 1. The van der Waals surface area contributed by atoms with Gasteiger partial charge in [0.05, 0.1) is 6.61 Å². The molecule has 0 atom stereocenters. The number of piperazine rings is 1. The maximum Gasteiger partial charge on any atom is 0.410 e. The van der Waals surface area contributed by atoms with E-state index in [0.717, 1.165) is 31.8 Å². The molecular weight excluding hydrogens is 412 g/mol. The van der Waals surface area contributed by atoms with Crippen LogP contribution in [0, 0.1) is 0 Å². The van der Waals surface area contributed by atoms with E-state index in [-0.39, 0.29) is 6.09 Å². The van der Waals surface area contributed by atoms with Crippen molar-refractivity contribution in [2.24, 2.45) is 0 Å². The van der Waals surface area contributed by atoms with Crippen LogP contribution >= 0.6 is 0 Å². The molecule has 3 aromatic rings. The topological polar surface area (TPSA) is 42.0 Å². The number of carbonyl (C=O) groups excluding carboxylic acids is 1. The molecular formula is C28H34N2O3. The van der Waals surface area contributed by atoms with Crippen LogP contribution in [0.15, 0.2) is 66.7 Å². The highest BCUT2D eigenvalue weighted by Gasteiger charge is 2.25. The summed E-state index contributed by atoms with van der Waals surface area (Å²) in [7, 11) is 0. The number of carbonyl (C=O) groups is 1. The molecule has 1 aliphatic heterocycles. The summed E-state index contributed by atoms with van der Waals surface area (Å²) in [4.78, 5) is 16.4. The first kappa shape index (κ1) is 23.1. The lowest BCUT2D eigenvalue weighted by Gasteiger charge is -2.35. The summed E-state index contributed by atoms with van der Waals surface area (Å²) >= 11 is 0. The van der Waals surface area contributed by atoms with Crippen molar-refractivity contribution in [1.82, 2.24) is 9.80 Å². The summed E-state index contributed by atoms with van der Waals surface area (Å²) < 4.78 is 11.5. The fourth-order valence-corrected chi connectivity index (χ4v) is 4.03. The average Bonchev–Trinajstić information content (AvgIpc) is 2.79. The molecule has 33 heavy (non-hydrogen) atoms. The van der Waals surface area contributed by atoms with E-state index in [0.29, 0.717) is 19.7 Å². The van der Waals surface area contributed by atoms with Gasteiger partial charge in [-0.15, -0.1) is 0 Å². The van der Waals surface area contributed by atoms with Gasteiger partial charge in [0.25, 0.3) is 0 Å². The lowest BCUT2D eigenvalue weighted by Crippen LogP contribution is -2.49. The molecule has 1 heterocycles. The third kappa shape index (κ3) is 6.72. The van der Waals surface area contributed by atoms with Gasteiger partial charge in [-0.2, -0.15) is 0 Å². The number of benzene rings is 3. The number of hydrogen-bond donors (Lipinski definition) is 0. The third-order valence-electron chi connectivity index (χ3n) is 5.83.